The number of carbonyl (C=O) groups excluding carboxylic acids is 1. The first-order valence-electron chi connectivity index (χ1n) is 5.08. The van der Waals surface area contributed by atoms with Crippen molar-refractivity contribution in [1.82, 2.24) is 0 Å². The van der Waals surface area contributed by atoms with Crippen LogP contribution in [-0.2, 0) is 10.2 Å². The molecule has 0 bridgehead atoms. The van der Waals surface area contributed by atoms with Crippen LogP contribution in [0.1, 0.15) is 25.8 Å². The van der Waals surface area contributed by atoms with Gasteiger partial charge in [-0.25, -0.2) is 0 Å². The van der Waals surface area contributed by atoms with Crippen LogP contribution in [0.5, 0.6) is 5.75 Å². The summed E-state index contributed by atoms with van der Waals surface area (Å²) in [6.45, 7) is 4.17. The van der Waals surface area contributed by atoms with Crippen LogP contribution in [-0.4, -0.2) is 17.4 Å². The molecule has 1 aliphatic rings. The van der Waals surface area contributed by atoms with E-state index in [-0.39, 0.29) is 17.2 Å². The summed E-state index contributed by atoms with van der Waals surface area (Å²) in [6.07, 6.45) is 1.70. The number of benzene rings is 1. The van der Waals surface area contributed by atoms with Gasteiger partial charge < -0.3 is 15.2 Å². The van der Waals surface area contributed by atoms with E-state index < -0.39 is 0 Å². The number of rotatable bonds is 1. The van der Waals surface area contributed by atoms with Crippen molar-refractivity contribution >= 4 is 12.0 Å². The van der Waals surface area contributed by atoms with Gasteiger partial charge in [0.2, 0.25) is 0 Å². The Kier molecular flexibility index (Phi) is 2.18. The second-order valence-corrected chi connectivity index (χ2v) is 4.70. The van der Waals surface area contributed by atoms with Crippen molar-refractivity contribution in [1.29, 1.82) is 0 Å². The SMILES string of the molecule is CC1(C)CC(C=O)Nc2ccc(O)cc21. The van der Waals surface area contributed by atoms with Crippen molar-refractivity contribution in [3.05, 3.63) is 23.8 Å². The van der Waals surface area contributed by atoms with Crippen molar-refractivity contribution < 1.29 is 9.90 Å². The van der Waals surface area contributed by atoms with E-state index in [1.165, 1.54) is 0 Å². The fourth-order valence-electron chi connectivity index (χ4n) is 2.21. The van der Waals surface area contributed by atoms with Crippen LogP contribution < -0.4 is 5.32 Å². The minimum absolute atomic E-state index is 0.0785. The number of phenolic OH excluding ortho intramolecular Hbond substituents is 1. The fourth-order valence-corrected chi connectivity index (χ4v) is 2.21. The lowest BCUT2D eigenvalue weighted by Gasteiger charge is -2.36. The predicted molar refractivity (Wildman–Crippen MR) is 59.2 cm³/mol. The lowest BCUT2D eigenvalue weighted by molar-refractivity contribution is -0.108. The number of carbonyl (C=O) groups is 1. The number of nitrogens with one attached hydrogen (secondary N) is 1. The first-order chi connectivity index (χ1) is 7.03. The van der Waals surface area contributed by atoms with E-state index >= 15 is 0 Å². The monoisotopic (exact) mass is 205 g/mol. The molecule has 0 aromatic heterocycles. The molecule has 1 aromatic carbocycles. The number of aldehydes is 1. The van der Waals surface area contributed by atoms with Gasteiger partial charge in [0.1, 0.15) is 12.0 Å². The maximum absolute atomic E-state index is 10.8. The third-order valence-electron chi connectivity index (χ3n) is 2.97. The Labute approximate surface area is 89.1 Å². The van der Waals surface area contributed by atoms with Crippen LogP contribution in [0.3, 0.4) is 0 Å². The molecule has 2 N–H and O–H groups in total. The van der Waals surface area contributed by atoms with Crippen LogP contribution >= 0.6 is 0 Å². The number of hydrogen-bond acceptors (Lipinski definition) is 3. The summed E-state index contributed by atoms with van der Waals surface area (Å²) in [6, 6.07) is 5.10. The van der Waals surface area contributed by atoms with E-state index in [0.717, 1.165) is 24.0 Å². The van der Waals surface area contributed by atoms with Crippen LogP contribution in [0, 0.1) is 0 Å². The zero-order valence-corrected chi connectivity index (χ0v) is 8.95. The van der Waals surface area contributed by atoms with Crippen LogP contribution in [0.15, 0.2) is 18.2 Å². The summed E-state index contributed by atoms with van der Waals surface area (Å²) in [4.78, 5) is 10.8. The molecule has 2 rings (SSSR count). The van der Waals surface area contributed by atoms with E-state index in [1.54, 1.807) is 12.1 Å². The molecule has 1 unspecified atom stereocenters. The number of aromatic hydroxyl groups is 1. The highest BCUT2D eigenvalue weighted by molar-refractivity contribution is 5.70. The van der Waals surface area contributed by atoms with Crippen molar-refractivity contribution in [2.24, 2.45) is 0 Å². The molecule has 0 spiro atoms. The van der Waals surface area contributed by atoms with Gasteiger partial charge in [-0.05, 0) is 35.6 Å². The van der Waals surface area contributed by atoms with Gasteiger partial charge in [-0.2, -0.15) is 0 Å². The first-order valence-corrected chi connectivity index (χ1v) is 5.08. The normalized spacial score (nSPS) is 22.7. The quantitative estimate of drug-likeness (QED) is 0.545. The van der Waals surface area contributed by atoms with Crippen LogP contribution in [0.4, 0.5) is 5.69 Å². The number of anilines is 1. The summed E-state index contributed by atoms with van der Waals surface area (Å²) in [5.41, 5.74) is 1.94. The molecule has 1 atom stereocenters. The number of fused-ring (bicyclic) bond motifs is 1. The molecule has 0 aliphatic carbocycles. The molecule has 15 heavy (non-hydrogen) atoms. The minimum Gasteiger partial charge on any atom is -0.508 e. The van der Waals surface area contributed by atoms with Gasteiger partial charge in [-0.1, -0.05) is 13.8 Å². The predicted octanol–water partition coefficient (Wildman–Crippen LogP) is 2.05. The van der Waals surface area contributed by atoms with Gasteiger partial charge in [0.25, 0.3) is 0 Å². The van der Waals surface area contributed by atoms with Crippen LogP contribution in [0.25, 0.3) is 0 Å². The molecular formula is C12H15NO2. The Morgan fingerprint density at radius 3 is 2.93 bits per heavy atom. The Morgan fingerprint density at radius 2 is 2.27 bits per heavy atom. The molecule has 0 fully saturated rings. The van der Waals surface area contributed by atoms with Gasteiger partial charge in [0.05, 0.1) is 6.04 Å². The molecule has 1 heterocycles. The highest BCUT2D eigenvalue weighted by Gasteiger charge is 2.32. The van der Waals surface area contributed by atoms with E-state index in [0.29, 0.717) is 0 Å². The number of phenols is 1. The third kappa shape index (κ3) is 1.69. The first kappa shape index (κ1) is 10.0. The molecule has 80 valence electrons. The number of hydrogen-bond donors (Lipinski definition) is 2. The fraction of sp³-hybridized carbons (Fsp3) is 0.417. The molecule has 0 saturated carbocycles. The highest BCUT2D eigenvalue weighted by atomic mass is 16.3. The minimum atomic E-state index is -0.128. The van der Waals surface area contributed by atoms with E-state index in [2.05, 4.69) is 19.2 Å². The summed E-state index contributed by atoms with van der Waals surface area (Å²) in [5.74, 6) is 0.271. The maximum Gasteiger partial charge on any atom is 0.142 e. The molecule has 0 amide bonds. The van der Waals surface area contributed by atoms with Gasteiger partial charge in [0.15, 0.2) is 0 Å². The Balaban J connectivity index is 2.49. The van der Waals surface area contributed by atoms with Gasteiger partial charge >= 0.3 is 0 Å². The van der Waals surface area contributed by atoms with Crippen LogP contribution in [0.2, 0.25) is 0 Å². The van der Waals surface area contributed by atoms with E-state index in [1.807, 2.05) is 6.07 Å². The summed E-state index contributed by atoms with van der Waals surface area (Å²) in [7, 11) is 0. The Bertz CT molecular complexity index is 399. The second-order valence-electron chi connectivity index (χ2n) is 4.70. The molecule has 0 saturated heterocycles. The molecule has 1 aromatic rings. The lowest BCUT2D eigenvalue weighted by atomic mass is 9.75. The standard InChI is InChI=1S/C12H15NO2/c1-12(2)6-8(7-14)13-11-4-3-9(15)5-10(11)12/h3-5,7-8,13,15H,6H2,1-2H3. The van der Waals surface area contributed by atoms with Crippen molar-refractivity contribution in [2.45, 2.75) is 31.7 Å². The zero-order valence-electron chi connectivity index (χ0n) is 8.95. The smallest absolute Gasteiger partial charge is 0.142 e. The Hall–Kier alpha value is -1.51. The second kappa shape index (κ2) is 3.26. The van der Waals surface area contributed by atoms with Crippen molar-refractivity contribution in [2.75, 3.05) is 5.32 Å². The highest BCUT2D eigenvalue weighted by Crippen LogP contribution is 2.39. The maximum atomic E-state index is 10.8. The van der Waals surface area contributed by atoms with E-state index in [4.69, 9.17) is 0 Å². The summed E-state index contributed by atoms with van der Waals surface area (Å²) < 4.78 is 0. The third-order valence-corrected chi connectivity index (χ3v) is 2.97. The summed E-state index contributed by atoms with van der Waals surface area (Å²) >= 11 is 0. The molecule has 3 nitrogen and oxygen atoms in total. The van der Waals surface area contributed by atoms with Crippen molar-refractivity contribution in [3.8, 4) is 5.75 Å². The zero-order chi connectivity index (χ0) is 11.1. The molecular weight excluding hydrogens is 190 g/mol. The summed E-state index contributed by atoms with van der Waals surface area (Å²) in [5, 5.41) is 12.6. The molecule has 1 aliphatic heterocycles. The Morgan fingerprint density at radius 1 is 1.53 bits per heavy atom. The molecule has 3 heteroatoms. The van der Waals surface area contributed by atoms with E-state index in [9.17, 15) is 9.90 Å². The average molecular weight is 205 g/mol. The van der Waals surface area contributed by atoms with Gasteiger partial charge in [-0.3, -0.25) is 0 Å². The largest absolute Gasteiger partial charge is 0.508 e. The lowest BCUT2D eigenvalue weighted by Crippen LogP contribution is -2.36. The average Bonchev–Trinajstić information content (AvgIpc) is 2.18. The van der Waals surface area contributed by atoms with Crippen molar-refractivity contribution in [3.63, 3.8) is 0 Å². The van der Waals surface area contributed by atoms with Gasteiger partial charge in [-0.15, -0.1) is 0 Å². The molecule has 0 radical (unpaired) electrons. The van der Waals surface area contributed by atoms with Gasteiger partial charge in [0, 0.05) is 5.69 Å². The topological polar surface area (TPSA) is 49.3 Å².